The molecule has 4 aromatic rings. The van der Waals surface area contributed by atoms with E-state index in [2.05, 4.69) is 30.5 Å². The number of carbonyl (C=O) groups is 1. The molecule has 4 N–H and O–H groups in total. The van der Waals surface area contributed by atoms with Crippen molar-refractivity contribution in [1.29, 1.82) is 0 Å². The maximum Gasteiger partial charge on any atom is 0.272 e. The van der Waals surface area contributed by atoms with Gasteiger partial charge in [-0.25, -0.2) is 4.98 Å². The molecule has 0 saturated heterocycles. The lowest BCUT2D eigenvalue weighted by Crippen LogP contribution is -2.32. The van der Waals surface area contributed by atoms with E-state index < -0.39 is 6.04 Å². The summed E-state index contributed by atoms with van der Waals surface area (Å²) < 4.78 is 0. The number of hydrogen-bond donors (Lipinski definition) is 4. The summed E-state index contributed by atoms with van der Waals surface area (Å²) in [6.45, 7) is 5.77. The maximum atomic E-state index is 12.9. The van der Waals surface area contributed by atoms with Crippen molar-refractivity contribution in [3.8, 4) is 0 Å². The maximum absolute atomic E-state index is 12.9. The first-order chi connectivity index (χ1) is 14.4. The Morgan fingerprint density at radius 3 is 2.73 bits per heavy atom. The lowest BCUT2D eigenvalue weighted by atomic mass is 10.0. The Morgan fingerprint density at radius 1 is 1.20 bits per heavy atom. The minimum atomic E-state index is -0.489. The Balaban J connectivity index is 1.67. The fraction of sp³-hybridized carbons (Fsp3) is 0.273. The number of H-pyrrole nitrogens is 3. The van der Waals surface area contributed by atoms with E-state index in [1.165, 1.54) is 6.07 Å². The van der Waals surface area contributed by atoms with Crippen LogP contribution in [-0.4, -0.2) is 31.1 Å². The quantitative estimate of drug-likeness (QED) is 0.395. The second-order valence-corrected chi connectivity index (χ2v) is 7.71. The van der Waals surface area contributed by atoms with Crippen LogP contribution in [0.3, 0.4) is 0 Å². The van der Waals surface area contributed by atoms with Crippen LogP contribution in [0.4, 0.5) is 0 Å². The fourth-order valence-electron chi connectivity index (χ4n) is 3.51. The van der Waals surface area contributed by atoms with Gasteiger partial charge in [0, 0.05) is 35.3 Å². The number of nitrogens with one attached hydrogen (secondary N) is 4. The van der Waals surface area contributed by atoms with Gasteiger partial charge in [-0.1, -0.05) is 32.0 Å². The highest BCUT2D eigenvalue weighted by atomic mass is 16.2. The minimum Gasteiger partial charge on any atom is -0.361 e. The van der Waals surface area contributed by atoms with Crippen LogP contribution in [0, 0.1) is 6.92 Å². The van der Waals surface area contributed by atoms with E-state index in [4.69, 9.17) is 0 Å². The predicted molar refractivity (Wildman–Crippen MR) is 114 cm³/mol. The molecule has 4 rings (SSSR count). The van der Waals surface area contributed by atoms with Crippen LogP contribution >= 0.6 is 0 Å². The van der Waals surface area contributed by atoms with E-state index in [0.29, 0.717) is 23.6 Å². The SMILES string of the molecule is Cc1nc(C(Cc2c[nH]c3ccccc23)NC(=O)c2cc(C(C)C)[nH]n2)cc(=O)[nH]1. The molecule has 3 heterocycles. The number of nitrogens with zero attached hydrogens (tertiary/aromatic N) is 2. The molecule has 3 aromatic heterocycles. The molecule has 1 atom stereocenters. The molecule has 0 aliphatic heterocycles. The Morgan fingerprint density at radius 2 is 2.00 bits per heavy atom. The topological polar surface area (TPSA) is 119 Å². The summed E-state index contributed by atoms with van der Waals surface area (Å²) in [7, 11) is 0. The third kappa shape index (κ3) is 4.03. The molecule has 0 radical (unpaired) electrons. The average Bonchev–Trinajstić information content (AvgIpc) is 3.34. The summed E-state index contributed by atoms with van der Waals surface area (Å²) in [4.78, 5) is 35.3. The lowest BCUT2D eigenvalue weighted by Gasteiger charge is -2.18. The minimum absolute atomic E-state index is 0.234. The molecule has 0 aliphatic carbocycles. The van der Waals surface area contributed by atoms with Crippen molar-refractivity contribution in [3.63, 3.8) is 0 Å². The van der Waals surface area contributed by atoms with Crippen molar-refractivity contribution in [2.45, 2.75) is 39.2 Å². The molecule has 0 aliphatic rings. The van der Waals surface area contributed by atoms with E-state index >= 15 is 0 Å². The number of aromatic nitrogens is 5. The van der Waals surface area contributed by atoms with Crippen molar-refractivity contribution in [3.05, 3.63) is 81.4 Å². The number of rotatable bonds is 6. The van der Waals surface area contributed by atoms with Crippen molar-refractivity contribution in [2.75, 3.05) is 0 Å². The summed E-state index contributed by atoms with van der Waals surface area (Å²) in [6.07, 6.45) is 2.41. The van der Waals surface area contributed by atoms with Crippen LogP contribution in [0.5, 0.6) is 0 Å². The summed E-state index contributed by atoms with van der Waals surface area (Å²) in [5.74, 6) is 0.415. The molecule has 1 aromatic carbocycles. The monoisotopic (exact) mass is 404 g/mol. The van der Waals surface area contributed by atoms with Gasteiger partial charge in [-0.15, -0.1) is 0 Å². The normalized spacial score (nSPS) is 12.4. The largest absolute Gasteiger partial charge is 0.361 e. The van der Waals surface area contributed by atoms with Crippen molar-refractivity contribution in [1.82, 2.24) is 30.5 Å². The molecule has 154 valence electrons. The molecule has 1 unspecified atom stereocenters. The highest BCUT2D eigenvalue weighted by molar-refractivity contribution is 5.92. The molecule has 8 heteroatoms. The first kappa shape index (κ1) is 19.6. The van der Waals surface area contributed by atoms with Crippen LogP contribution in [-0.2, 0) is 6.42 Å². The third-order valence-electron chi connectivity index (χ3n) is 5.09. The van der Waals surface area contributed by atoms with Gasteiger partial charge in [-0.3, -0.25) is 14.7 Å². The Kier molecular flexibility index (Phi) is 5.22. The first-order valence-electron chi connectivity index (χ1n) is 9.89. The highest BCUT2D eigenvalue weighted by Crippen LogP contribution is 2.24. The van der Waals surface area contributed by atoms with Crippen LogP contribution in [0.2, 0.25) is 0 Å². The van der Waals surface area contributed by atoms with E-state index in [1.807, 2.05) is 44.3 Å². The molecule has 1 amide bonds. The molecule has 0 spiro atoms. The van der Waals surface area contributed by atoms with Gasteiger partial charge < -0.3 is 15.3 Å². The van der Waals surface area contributed by atoms with Gasteiger partial charge in [0.25, 0.3) is 11.5 Å². The van der Waals surface area contributed by atoms with Gasteiger partial charge in [-0.05, 0) is 30.5 Å². The number of benzene rings is 1. The summed E-state index contributed by atoms with van der Waals surface area (Å²) >= 11 is 0. The van der Waals surface area contributed by atoms with E-state index in [0.717, 1.165) is 22.2 Å². The summed E-state index contributed by atoms with van der Waals surface area (Å²) in [5.41, 5.74) is 3.50. The summed E-state index contributed by atoms with van der Waals surface area (Å²) in [6, 6.07) is 10.7. The van der Waals surface area contributed by atoms with E-state index in [9.17, 15) is 9.59 Å². The van der Waals surface area contributed by atoms with Gasteiger partial charge in [0.2, 0.25) is 0 Å². The molecular weight excluding hydrogens is 380 g/mol. The molecule has 30 heavy (non-hydrogen) atoms. The zero-order valence-electron chi connectivity index (χ0n) is 17.1. The van der Waals surface area contributed by atoms with Gasteiger partial charge in [0.15, 0.2) is 0 Å². The van der Waals surface area contributed by atoms with Crippen molar-refractivity contribution < 1.29 is 4.79 Å². The molecule has 0 bridgehead atoms. The van der Waals surface area contributed by atoms with Crippen LogP contribution in [0.1, 0.15) is 59.1 Å². The third-order valence-corrected chi connectivity index (χ3v) is 5.09. The number of aromatic amines is 3. The molecule has 8 nitrogen and oxygen atoms in total. The zero-order chi connectivity index (χ0) is 21.3. The van der Waals surface area contributed by atoms with Gasteiger partial charge in [0.05, 0.1) is 11.7 Å². The number of carbonyl (C=O) groups excluding carboxylic acids is 1. The van der Waals surface area contributed by atoms with Crippen molar-refractivity contribution >= 4 is 16.8 Å². The predicted octanol–water partition coefficient (Wildman–Crippen LogP) is 3.12. The van der Waals surface area contributed by atoms with E-state index in [1.54, 1.807) is 13.0 Å². The lowest BCUT2D eigenvalue weighted by molar-refractivity contribution is 0.0930. The van der Waals surface area contributed by atoms with Gasteiger partial charge in [0.1, 0.15) is 11.5 Å². The van der Waals surface area contributed by atoms with E-state index in [-0.39, 0.29) is 17.4 Å². The molecule has 0 saturated carbocycles. The molecular formula is C22H24N6O2. The van der Waals surface area contributed by atoms with Crippen LogP contribution in [0.25, 0.3) is 10.9 Å². The smallest absolute Gasteiger partial charge is 0.272 e. The number of aryl methyl sites for hydroxylation is 1. The Hall–Kier alpha value is -3.68. The second-order valence-electron chi connectivity index (χ2n) is 7.71. The number of fused-ring (bicyclic) bond motifs is 1. The number of hydrogen-bond acceptors (Lipinski definition) is 4. The Labute approximate surface area is 173 Å². The van der Waals surface area contributed by atoms with Gasteiger partial charge >= 0.3 is 0 Å². The average molecular weight is 404 g/mol. The van der Waals surface area contributed by atoms with Gasteiger partial charge in [-0.2, -0.15) is 5.10 Å². The molecule has 0 fully saturated rings. The van der Waals surface area contributed by atoms with Crippen LogP contribution in [0.15, 0.2) is 47.4 Å². The second kappa shape index (κ2) is 7.98. The van der Waals surface area contributed by atoms with Crippen molar-refractivity contribution in [2.24, 2.45) is 0 Å². The number of para-hydroxylation sites is 1. The first-order valence-corrected chi connectivity index (χ1v) is 9.89. The zero-order valence-corrected chi connectivity index (χ0v) is 17.1. The highest BCUT2D eigenvalue weighted by Gasteiger charge is 2.22. The Bertz CT molecular complexity index is 1250. The summed E-state index contributed by atoms with van der Waals surface area (Å²) in [5, 5.41) is 11.1. The fourth-order valence-corrected chi connectivity index (χ4v) is 3.51. The standard InChI is InChI=1S/C22H24N6O2/c1-12(2)17-9-20(28-27-17)22(30)26-18(19-10-21(29)25-13(3)24-19)8-14-11-23-16-7-5-4-6-15(14)16/h4-7,9-12,18,23H,8H2,1-3H3,(H,26,30)(H,27,28)(H,24,25,29). The number of amides is 1. The van der Waals surface area contributed by atoms with Crippen LogP contribution < -0.4 is 10.9 Å².